The molecule has 118 valence electrons. The summed E-state index contributed by atoms with van der Waals surface area (Å²) in [6.07, 6.45) is 0. The summed E-state index contributed by atoms with van der Waals surface area (Å²) in [4.78, 5) is 24.1. The van der Waals surface area contributed by atoms with Gasteiger partial charge in [-0.1, -0.05) is 29.8 Å². The maximum atomic E-state index is 12.3. The number of esters is 1. The molecule has 0 spiro atoms. The van der Waals surface area contributed by atoms with E-state index in [1.54, 1.807) is 38.1 Å². The summed E-state index contributed by atoms with van der Waals surface area (Å²) in [6.45, 7) is 3.98. The second-order valence-electron chi connectivity index (χ2n) is 4.45. The Morgan fingerprint density at radius 3 is 2.64 bits per heavy atom. The SMILES string of the molecule is CCOC(=O)C1=C(OCC)NC(=O)NC1c1ccccc1Cl. The van der Waals surface area contributed by atoms with Gasteiger partial charge in [0.2, 0.25) is 5.88 Å². The zero-order chi connectivity index (χ0) is 16.1. The van der Waals surface area contributed by atoms with Crippen LogP contribution >= 0.6 is 11.6 Å². The van der Waals surface area contributed by atoms with E-state index in [1.807, 2.05) is 0 Å². The van der Waals surface area contributed by atoms with Gasteiger partial charge in [0.1, 0.15) is 5.57 Å². The Labute approximate surface area is 133 Å². The molecule has 1 unspecified atom stereocenters. The van der Waals surface area contributed by atoms with Crippen LogP contribution in [0.2, 0.25) is 5.02 Å². The summed E-state index contributed by atoms with van der Waals surface area (Å²) in [7, 11) is 0. The van der Waals surface area contributed by atoms with Crippen LogP contribution < -0.4 is 10.6 Å². The summed E-state index contributed by atoms with van der Waals surface area (Å²) in [5.74, 6) is -0.474. The highest BCUT2D eigenvalue weighted by molar-refractivity contribution is 6.31. The van der Waals surface area contributed by atoms with E-state index in [0.717, 1.165) is 0 Å². The Kier molecular flexibility index (Phi) is 5.27. The minimum atomic E-state index is -0.733. The number of carbonyl (C=O) groups is 2. The smallest absolute Gasteiger partial charge is 0.341 e. The van der Waals surface area contributed by atoms with Gasteiger partial charge in [0.05, 0.1) is 19.3 Å². The summed E-state index contributed by atoms with van der Waals surface area (Å²) < 4.78 is 10.5. The normalized spacial score (nSPS) is 17.6. The van der Waals surface area contributed by atoms with Crippen LogP contribution in [0, 0.1) is 0 Å². The molecule has 1 aromatic rings. The van der Waals surface area contributed by atoms with Gasteiger partial charge in [0, 0.05) is 5.02 Å². The van der Waals surface area contributed by atoms with Gasteiger partial charge < -0.3 is 14.8 Å². The van der Waals surface area contributed by atoms with Gasteiger partial charge in [-0.2, -0.15) is 0 Å². The second kappa shape index (κ2) is 7.17. The molecule has 1 atom stereocenters. The van der Waals surface area contributed by atoms with E-state index in [1.165, 1.54) is 0 Å². The molecule has 1 aliphatic heterocycles. The molecule has 2 N–H and O–H groups in total. The maximum Gasteiger partial charge on any atom is 0.341 e. The number of rotatable bonds is 5. The lowest BCUT2D eigenvalue weighted by atomic mass is 9.97. The minimum absolute atomic E-state index is 0.0922. The first-order chi connectivity index (χ1) is 10.6. The maximum absolute atomic E-state index is 12.3. The average molecular weight is 325 g/mol. The van der Waals surface area contributed by atoms with Crippen molar-refractivity contribution in [2.75, 3.05) is 13.2 Å². The Morgan fingerprint density at radius 1 is 1.27 bits per heavy atom. The molecule has 1 aromatic carbocycles. The zero-order valence-corrected chi connectivity index (χ0v) is 13.1. The van der Waals surface area contributed by atoms with Crippen LogP contribution in [0.1, 0.15) is 25.5 Å². The first kappa shape index (κ1) is 16.2. The molecule has 0 aromatic heterocycles. The van der Waals surface area contributed by atoms with Crippen molar-refractivity contribution in [1.82, 2.24) is 10.6 Å². The van der Waals surface area contributed by atoms with Crippen molar-refractivity contribution >= 4 is 23.6 Å². The predicted molar refractivity (Wildman–Crippen MR) is 81.1 cm³/mol. The van der Waals surface area contributed by atoms with Crippen molar-refractivity contribution in [3.05, 3.63) is 46.3 Å². The summed E-state index contributed by atoms with van der Waals surface area (Å²) in [5, 5.41) is 5.60. The van der Waals surface area contributed by atoms with Gasteiger partial charge in [-0.15, -0.1) is 0 Å². The van der Waals surface area contributed by atoms with E-state index in [0.29, 0.717) is 17.2 Å². The Bertz CT molecular complexity index is 615. The monoisotopic (exact) mass is 324 g/mol. The number of halogens is 1. The van der Waals surface area contributed by atoms with Crippen molar-refractivity contribution in [3.63, 3.8) is 0 Å². The number of hydrogen-bond acceptors (Lipinski definition) is 4. The number of ether oxygens (including phenoxy) is 2. The van der Waals surface area contributed by atoms with E-state index in [2.05, 4.69) is 10.6 Å². The van der Waals surface area contributed by atoms with Gasteiger partial charge >= 0.3 is 12.0 Å². The predicted octanol–water partition coefficient (Wildman–Crippen LogP) is 2.51. The fourth-order valence-corrected chi connectivity index (χ4v) is 2.41. The summed E-state index contributed by atoms with van der Waals surface area (Å²) in [6, 6.07) is 5.77. The van der Waals surface area contributed by atoms with Crippen molar-refractivity contribution < 1.29 is 19.1 Å². The van der Waals surface area contributed by atoms with Crippen molar-refractivity contribution in [1.29, 1.82) is 0 Å². The van der Waals surface area contributed by atoms with Crippen LogP contribution in [0.15, 0.2) is 35.7 Å². The highest BCUT2D eigenvalue weighted by Crippen LogP contribution is 2.32. The molecule has 0 fully saturated rings. The molecule has 0 bridgehead atoms. The fourth-order valence-electron chi connectivity index (χ4n) is 2.16. The van der Waals surface area contributed by atoms with Gasteiger partial charge in [0.25, 0.3) is 0 Å². The molecule has 0 radical (unpaired) electrons. The number of carbonyl (C=O) groups excluding carboxylic acids is 2. The van der Waals surface area contributed by atoms with Crippen LogP contribution in [-0.4, -0.2) is 25.2 Å². The molecule has 22 heavy (non-hydrogen) atoms. The van der Waals surface area contributed by atoms with Crippen LogP contribution in [0.25, 0.3) is 0 Å². The lowest BCUT2D eigenvalue weighted by Gasteiger charge is -2.29. The lowest BCUT2D eigenvalue weighted by molar-refractivity contribution is -0.139. The summed E-state index contributed by atoms with van der Waals surface area (Å²) >= 11 is 6.19. The quantitative estimate of drug-likeness (QED) is 0.816. The highest BCUT2D eigenvalue weighted by atomic mass is 35.5. The topological polar surface area (TPSA) is 76.7 Å². The van der Waals surface area contributed by atoms with Crippen molar-refractivity contribution in [3.8, 4) is 0 Å². The molecular formula is C15H17ClN2O4. The molecule has 0 aliphatic carbocycles. The van der Waals surface area contributed by atoms with Gasteiger partial charge in [-0.3, -0.25) is 5.32 Å². The van der Waals surface area contributed by atoms with Crippen LogP contribution in [-0.2, 0) is 14.3 Å². The van der Waals surface area contributed by atoms with Gasteiger partial charge in [-0.05, 0) is 25.5 Å². The Hall–Kier alpha value is -2.21. The van der Waals surface area contributed by atoms with Gasteiger partial charge in [-0.25, -0.2) is 9.59 Å². The minimum Gasteiger partial charge on any atom is -0.479 e. The molecule has 2 amide bonds. The molecule has 2 rings (SSSR count). The van der Waals surface area contributed by atoms with Gasteiger partial charge in [0.15, 0.2) is 0 Å². The highest BCUT2D eigenvalue weighted by Gasteiger charge is 2.35. The third-order valence-corrected chi connectivity index (χ3v) is 3.38. The first-order valence-electron chi connectivity index (χ1n) is 6.94. The molecule has 1 aliphatic rings. The van der Waals surface area contributed by atoms with Crippen LogP contribution in [0.5, 0.6) is 0 Å². The largest absolute Gasteiger partial charge is 0.479 e. The Morgan fingerprint density at radius 2 is 2.00 bits per heavy atom. The standard InChI is InChI=1S/C15H17ClN2O4/c1-3-21-13-11(14(19)22-4-2)12(17-15(20)18-13)9-7-5-6-8-10(9)16/h5-8,12H,3-4H2,1-2H3,(H2,17,18,20). The third-order valence-electron chi connectivity index (χ3n) is 3.04. The van der Waals surface area contributed by atoms with E-state index >= 15 is 0 Å². The zero-order valence-electron chi connectivity index (χ0n) is 12.3. The van der Waals surface area contributed by atoms with E-state index in [4.69, 9.17) is 21.1 Å². The number of amides is 2. The van der Waals surface area contributed by atoms with Crippen molar-refractivity contribution in [2.45, 2.75) is 19.9 Å². The van der Waals surface area contributed by atoms with E-state index in [9.17, 15) is 9.59 Å². The van der Waals surface area contributed by atoms with E-state index in [-0.39, 0.29) is 18.1 Å². The van der Waals surface area contributed by atoms with Crippen LogP contribution in [0.4, 0.5) is 4.79 Å². The lowest BCUT2D eigenvalue weighted by Crippen LogP contribution is -2.46. The molecule has 0 saturated carbocycles. The number of hydrogen-bond donors (Lipinski definition) is 2. The number of nitrogens with one attached hydrogen (secondary N) is 2. The molecule has 1 heterocycles. The number of benzene rings is 1. The van der Waals surface area contributed by atoms with E-state index < -0.39 is 18.0 Å². The van der Waals surface area contributed by atoms with Crippen molar-refractivity contribution in [2.24, 2.45) is 0 Å². The third kappa shape index (κ3) is 3.33. The number of urea groups is 1. The van der Waals surface area contributed by atoms with Crippen LogP contribution in [0.3, 0.4) is 0 Å². The molecule has 0 saturated heterocycles. The molecular weight excluding hydrogens is 308 g/mol. The summed E-state index contributed by atoms with van der Waals surface area (Å²) in [5.41, 5.74) is 0.788. The average Bonchev–Trinajstić information content (AvgIpc) is 2.47. The fraction of sp³-hybridized carbons (Fsp3) is 0.333. The molecule has 6 nitrogen and oxygen atoms in total. The second-order valence-corrected chi connectivity index (χ2v) is 4.86. The first-order valence-corrected chi connectivity index (χ1v) is 7.32. The molecule has 7 heteroatoms. The Balaban J connectivity index is 2.52.